The van der Waals surface area contributed by atoms with Crippen molar-refractivity contribution in [1.82, 2.24) is 20.1 Å². The molecule has 3 aliphatic rings. The van der Waals surface area contributed by atoms with E-state index in [2.05, 4.69) is 49.7 Å². The van der Waals surface area contributed by atoms with Gasteiger partial charge in [-0.15, -0.1) is 0 Å². The summed E-state index contributed by atoms with van der Waals surface area (Å²) >= 11 is 5.96. The lowest BCUT2D eigenvalue weighted by atomic mass is 10.0. The number of aliphatic hydroxyl groups excluding tert-OH is 1. The van der Waals surface area contributed by atoms with Crippen LogP contribution >= 0.6 is 11.6 Å². The number of aliphatic hydroxyl groups is 1. The van der Waals surface area contributed by atoms with Crippen molar-refractivity contribution in [3.8, 4) is 0 Å². The van der Waals surface area contributed by atoms with E-state index in [9.17, 15) is 19.5 Å². The summed E-state index contributed by atoms with van der Waals surface area (Å²) in [4.78, 5) is 49.0. The van der Waals surface area contributed by atoms with E-state index in [1.165, 1.54) is 5.56 Å². The van der Waals surface area contributed by atoms with Crippen molar-refractivity contribution in [2.24, 2.45) is 0 Å². The molecule has 0 aliphatic carbocycles. The molecular formula is C30H31ClN6O4. The van der Waals surface area contributed by atoms with Gasteiger partial charge in [0, 0.05) is 51.2 Å². The number of amides is 3. The summed E-state index contributed by atoms with van der Waals surface area (Å²) in [5.41, 5.74) is 3.37. The predicted molar refractivity (Wildman–Crippen MR) is 155 cm³/mol. The van der Waals surface area contributed by atoms with Gasteiger partial charge in [0.15, 0.2) is 0 Å². The van der Waals surface area contributed by atoms with Gasteiger partial charge in [-0.1, -0.05) is 41.9 Å². The van der Waals surface area contributed by atoms with Crippen LogP contribution in [-0.4, -0.2) is 76.1 Å². The molecule has 11 heteroatoms. The van der Waals surface area contributed by atoms with E-state index in [4.69, 9.17) is 11.6 Å². The molecule has 3 aromatic rings. The third-order valence-corrected chi connectivity index (χ3v) is 8.13. The highest BCUT2D eigenvalue weighted by atomic mass is 35.5. The second kappa shape index (κ2) is 11.5. The van der Waals surface area contributed by atoms with Crippen molar-refractivity contribution in [1.29, 1.82) is 0 Å². The molecule has 1 aromatic heterocycles. The number of hydrogen-bond acceptors (Lipinski definition) is 8. The smallest absolute Gasteiger partial charge is 0.264 e. The summed E-state index contributed by atoms with van der Waals surface area (Å²) in [7, 11) is 0. The summed E-state index contributed by atoms with van der Waals surface area (Å²) in [5, 5.41) is 16.1. The highest BCUT2D eigenvalue weighted by molar-refractivity contribution is 6.30. The Morgan fingerprint density at radius 2 is 1.68 bits per heavy atom. The molecule has 2 fully saturated rings. The summed E-state index contributed by atoms with van der Waals surface area (Å²) in [6.45, 7) is 5.04. The zero-order chi connectivity index (χ0) is 28.5. The number of imide groups is 1. The molecule has 6 rings (SSSR count). The van der Waals surface area contributed by atoms with Gasteiger partial charge in [-0.3, -0.25) is 24.2 Å². The lowest BCUT2D eigenvalue weighted by Crippen LogP contribution is -2.55. The Balaban J connectivity index is 1.05. The molecule has 10 nitrogen and oxygen atoms in total. The van der Waals surface area contributed by atoms with E-state index >= 15 is 0 Å². The Bertz CT molecular complexity index is 1460. The Kier molecular flexibility index (Phi) is 7.61. The summed E-state index contributed by atoms with van der Waals surface area (Å²) in [6, 6.07) is 16.4. The van der Waals surface area contributed by atoms with E-state index < -0.39 is 30.0 Å². The first-order chi connectivity index (χ1) is 19.9. The number of nitrogens with one attached hydrogen (secondary N) is 2. The van der Waals surface area contributed by atoms with Crippen molar-refractivity contribution in [2.75, 3.05) is 36.4 Å². The van der Waals surface area contributed by atoms with Crippen LogP contribution in [0.4, 0.5) is 11.5 Å². The number of hydrogen-bond donors (Lipinski definition) is 3. The van der Waals surface area contributed by atoms with Crippen LogP contribution < -0.4 is 15.5 Å². The second-order valence-corrected chi connectivity index (χ2v) is 11.0. The number of piperazine rings is 1. The quantitative estimate of drug-likeness (QED) is 0.369. The van der Waals surface area contributed by atoms with Gasteiger partial charge in [0.2, 0.25) is 5.91 Å². The highest BCUT2D eigenvalue weighted by Crippen LogP contribution is 2.33. The average Bonchev–Trinajstić information content (AvgIpc) is 3.23. The van der Waals surface area contributed by atoms with Crippen LogP contribution in [0, 0.1) is 0 Å². The minimum atomic E-state index is -0.958. The van der Waals surface area contributed by atoms with E-state index in [1.807, 2.05) is 12.1 Å². The van der Waals surface area contributed by atoms with E-state index in [0.717, 1.165) is 49.0 Å². The van der Waals surface area contributed by atoms with E-state index in [-0.39, 0.29) is 24.0 Å². The number of pyridine rings is 1. The molecule has 3 N–H and O–H groups in total. The minimum Gasteiger partial charge on any atom is -0.380 e. The van der Waals surface area contributed by atoms with Gasteiger partial charge >= 0.3 is 0 Å². The molecule has 0 radical (unpaired) electrons. The van der Waals surface area contributed by atoms with Crippen LogP contribution in [0.5, 0.6) is 0 Å². The average molecular weight is 575 g/mol. The standard InChI is InChI=1S/C30H31ClN6O4/c31-21-8-10-25(33-17-21)36-14-12-35(13-15-36)18-20-6-4-19(5-7-20)16-32-23-3-1-2-22-27(23)30(41)37(29(22)40)24-9-11-26(38)34-28(24)39/h1-8,10,17,24,26,32,38H,9,11-16,18H2,(H,34,39). The summed E-state index contributed by atoms with van der Waals surface area (Å²) < 4.78 is 0. The largest absolute Gasteiger partial charge is 0.380 e. The molecule has 3 amide bonds. The molecule has 2 unspecified atom stereocenters. The third-order valence-electron chi connectivity index (χ3n) is 7.90. The first-order valence-electron chi connectivity index (χ1n) is 13.8. The molecule has 2 aromatic carbocycles. The van der Waals surface area contributed by atoms with Gasteiger partial charge in [0.25, 0.3) is 11.8 Å². The molecule has 3 aliphatic heterocycles. The molecular weight excluding hydrogens is 544 g/mol. The number of fused-ring (bicyclic) bond motifs is 1. The zero-order valence-electron chi connectivity index (χ0n) is 22.4. The molecule has 0 saturated carbocycles. The number of anilines is 2. The number of piperidine rings is 1. The van der Waals surface area contributed by atoms with E-state index in [0.29, 0.717) is 17.3 Å². The van der Waals surface area contributed by atoms with Gasteiger partial charge in [-0.25, -0.2) is 4.98 Å². The number of carbonyl (C=O) groups is 3. The SMILES string of the molecule is O=C1NC(O)CCC1N1C(=O)c2cccc(NCc3ccc(CN4CCN(c5ccc(Cl)cn5)CC4)cc3)c2C1=O. The zero-order valence-corrected chi connectivity index (χ0v) is 23.2. The third kappa shape index (κ3) is 5.63. The van der Waals surface area contributed by atoms with Crippen LogP contribution in [0.3, 0.4) is 0 Å². The molecule has 2 atom stereocenters. The van der Waals surface area contributed by atoms with Crippen molar-refractivity contribution in [2.45, 2.75) is 38.2 Å². The lowest BCUT2D eigenvalue weighted by Gasteiger charge is -2.35. The van der Waals surface area contributed by atoms with Crippen molar-refractivity contribution in [3.05, 3.63) is 88.1 Å². The van der Waals surface area contributed by atoms with Crippen molar-refractivity contribution in [3.63, 3.8) is 0 Å². The predicted octanol–water partition coefficient (Wildman–Crippen LogP) is 2.86. The van der Waals surface area contributed by atoms with E-state index in [1.54, 1.807) is 24.4 Å². The van der Waals surface area contributed by atoms with Crippen LogP contribution in [0.2, 0.25) is 5.02 Å². The molecule has 4 heterocycles. The minimum absolute atomic E-state index is 0.225. The lowest BCUT2D eigenvalue weighted by molar-refractivity contribution is -0.131. The molecule has 0 spiro atoms. The number of halogens is 1. The topological polar surface area (TPSA) is 118 Å². The van der Waals surface area contributed by atoms with Gasteiger partial charge in [-0.2, -0.15) is 0 Å². The number of nitrogens with zero attached hydrogens (tertiary/aromatic N) is 4. The highest BCUT2D eigenvalue weighted by Gasteiger charge is 2.45. The molecule has 41 heavy (non-hydrogen) atoms. The number of aromatic nitrogens is 1. The fourth-order valence-corrected chi connectivity index (χ4v) is 5.78. The maximum Gasteiger partial charge on any atom is 0.264 e. The number of carbonyl (C=O) groups excluding carboxylic acids is 3. The summed E-state index contributed by atoms with van der Waals surface area (Å²) in [6.07, 6.45) is 1.23. The van der Waals surface area contributed by atoms with Crippen LogP contribution in [-0.2, 0) is 17.9 Å². The van der Waals surface area contributed by atoms with Crippen molar-refractivity contribution < 1.29 is 19.5 Å². The summed E-state index contributed by atoms with van der Waals surface area (Å²) in [5.74, 6) is -0.548. The number of rotatable bonds is 7. The fourth-order valence-electron chi connectivity index (χ4n) is 5.67. The number of benzene rings is 2. The normalized spacial score (nSPS) is 21.2. The van der Waals surface area contributed by atoms with Gasteiger partial charge < -0.3 is 20.6 Å². The Labute approximate surface area is 242 Å². The molecule has 2 saturated heterocycles. The van der Waals surface area contributed by atoms with Crippen LogP contribution in [0.1, 0.15) is 44.7 Å². The Hall–Kier alpha value is -3.99. The maximum absolute atomic E-state index is 13.3. The molecule has 212 valence electrons. The monoisotopic (exact) mass is 574 g/mol. The first-order valence-corrected chi connectivity index (χ1v) is 14.1. The maximum atomic E-state index is 13.3. The van der Waals surface area contributed by atoms with Crippen LogP contribution in [0.15, 0.2) is 60.8 Å². The van der Waals surface area contributed by atoms with Gasteiger partial charge in [0.05, 0.1) is 16.1 Å². The second-order valence-electron chi connectivity index (χ2n) is 10.6. The Morgan fingerprint density at radius 1 is 0.927 bits per heavy atom. The Morgan fingerprint density at radius 3 is 2.39 bits per heavy atom. The van der Waals surface area contributed by atoms with Crippen molar-refractivity contribution >= 4 is 40.8 Å². The molecule has 0 bridgehead atoms. The first kappa shape index (κ1) is 27.2. The van der Waals surface area contributed by atoms with Gasteiger partial charge in [-0.05, 0) is 48.2 Å². The van der Waals surface area contributed by atoms with Crippen LogP contribution in [0.25, 0.3) is 0 Å². The van der Waals surface area contributed by atoms with Gasteiger partial charge in [0.1, 0.15) is 18.1 Å². The fraction of sp³-hybridized carbons (Fsp3) is 0.333.